The van der Waals surface area contributed by atoms with Gasteiger partial charge in [-0.15, -0.1) is 0 Å². The van der Waals surface area contributed by atoms with Crippen LogP contribution >= 0.6 is 39.1 Å². The molecule has 1 amide bonds. The predicted molar refractivity (Wildman–Crippen MR) is 154 cm³/mol. The molecule has 3 heterocycles. The number of amides is 1. The quantitative estimate of drug-likeness (QED) is 0.203. The van der Waals surface area contributed by atoms with Crippen LogP contribution in [-0.2, 0) is 12.7 Å². The van der Waals surface area contributed by atoms with Gasteiger partial charge in [0.25, 0.3) is 5.91 Å². The minimum Gasteiger partial charge on any atom is -0.304 e. The number of halogens is 6. The smallest absolute Gasteiger partial charge is 0.304 e. The van der Waals surface area contributed by atoms with Crippen LogP contribution in [0.1, 0.15) is 21.6 Å². The fourth-order valence-electron chi connectivity index (χ4n) is 4.47. The first-order valence-electron chi connectivity index (χ1n) is 12.0. The number of anilines is 1. The summed E-state index contributed by atoms with van der Waals surface area (Å²) in [6.07, 6.45) is -2.06. The van der Waals surface area contributed by atoms with E-state index in [0.29, 0.717) is 31.1 Å². The van der Waals surface area contributed by atoms with Gasteiger partial charge in [0.15, 0.2) is 17.2 Å². The second kappa shape index (κ2) is 10.5. The van der Waals surface area contributed by atoms with Crippen molar-refractivity contribution in [2.75, 3.05) is 5.32 Å². The third-order valence-corrected chi connectivity index (χ3v) is 7.67. The number of fused-ring (bicyclic) bond motifs is 2. The van der Waals surface area contributed by atoms with Gasteiger partial charge in [0, 0.05) is 11.8 Å². The lowest BCUT2D eigenvalue weighted by atomic mass is 10.0. The zero-order valence-corrected chi connectivity index (χ0v) is 23.7. The summed E-state index contributed by atoms with van der Waals surface area (Å²) < 4.78 is 45.1. The van der Waals surface area contributed by atoms with E-state index in [1.54, 1.807) is 53.3 Å². The molecule has 13 heteroatoms. The minimum absolute atomic E-state index is 0.0586. The number of benzene rings is 3. The summed E-state index contributed by atoms with van der Waals surface area (Å²) in [5.41, 5.74) is -0.0813. The lowest BCUT2D eigenvalue weighted by molar-refractivity contribution is -0.142. The maximum Gasteiger partial charge on any atom is 0.433 e. The van der Waals surface area contributed by atoms with Crippen LogP contribution in [0.5, 0.6) is 0 Å². The van der Waals surface area contributed by atoms with Crippen molar-refractivity contribution in [2.24, 2.45) is 0 Å². The first kappa shape index (κ1) is 27.3. The van der Waals surface area contributed by atoms with Crippen LogP contribution in [0.3, 0.4) is 0 Å². The van der Waals surface area contributed by atoms with Gasteiger partial charge in [-0.3, -0.25) is 9.48 Å². The van der Waals surface area contributed by atoms with Crippen molar-refractivity contribution in [3.8, 4) is 11.3 Å². The van der Waals surface area contributed by atoms with Crippen molar-refractivity contribution in [3.05, 3.63) is 110 Å². The van der Waals surface area contributed by atoms with E-state index < -0.39 is 17.8 Å². The van der Waals surface area contributed by atoms with E-state index in [0.717, 1.165) is 28.6 Å². The number of hydrogen-bond donors (Lipinski definition) is 1. The Bertz CT molecular complexity index is 1970. The summed E-state index contributed by atoms with van der Waals surface area (Å²) in [5, 5.41) is 13.3. The van der Waals surface area contributed by atoms with Crippen molar-refractivity contribution in [1.82, 2.24) is 24.4 Å². The van der Waals surface area contributed by atoms with E-state index in [1.165, 1.54) is 0 Å². The Balaban J connectivity index is 1.38. The van der Waals surface area contributed by atoms with Crippen LogP contribution in [-0.4, -0.2) is 30.3 Å². The molecule has 6 aromatic rings. The Hall–Kier alpha value is -3.93. The highest BCUT2D eigenvalue weighted by molar-refractivity contribution is 9.10. The van der Waals surface area contributed by atoms with Gasteiger partial charge in [0.05, 0.1) is 33.0 Å². The highest BCUT2D eigenvalue weighted by Crippen LogP contribution is 2.35. The third-order valence-electron chi connectivity index (χ3n) is 6.35. The predicted octanol–water partition coefficient (Wildman–Crippen LogP) is 8.13. The van der Waals surface area contributed by atoms with Crippen LogP contribution in [0, 0.1) is 0 Å². The number of nitrogens with zero attached hydrogens (tertiary/aromatic N) is 5. The van der Waals surface area contributed by atoms with Gasteiger partial charge in [0.1, 0.15) is 5.56 Å². The molecular weight excluding hydrogens is 644 g/mol. The molecule has 0 spiro atoms. The monoisotopic (exact) mass is 658 g/mol. The van der Waals surface area contributed by atoms with E-state index in [1.807, 2.05) is 18.2 Å². The lowest BCUT2D eigenvalue weighted by Crippen LogP contribution is -2.16. The molecular formula is C28H16BrCl2F3N6O. The second-order valence-electron chi connectivity index (χ2n) is 9.07. The average molecular weight is 660 g/mol. The summed E-state index contributed by atoms with van der Waals surface area (Å²) in [7, 11) is 0. The van der Waals surface area contributed by atoms with Gasteiger partial charge in [-0.25, -0.2) is 9.50 Å². The molecule has 0 saturated heterocycles. The zero-order chi connectivity index (χ0) is 28.9. The van der Waals surface area contributed by atoms with Gasteiger partial charge in [0.2, 0.25) is 0 Å². The standard InChI is InChI=1S/C28H16BrCl2F3N6O/c29-20-14-39(13-15-8-9-21(30)22(31)10-15)38-25(20)37-27(41)19-12-35-40-24(28(32,33)34)11-23(36-26(19)40)18-7-3-5-16-4-1-2-6-17(16)18/h1-12,14H,13H2,(H,37,38,41). The average Bonchev–Trinajstić information content (AvgIpc) is 3.52. The molecule has 1 N–H and O–H groups in total. The molecule has 0 aliphatic carbocycles. The second-order valence-corrected chi connectivity index (χ2v) is 10.7. The molecule has 3 aromatic heterocycles. The summed E-state index contributed by atoms with van der Waals surface area (Å²) in [4.78, 5) is 17.8. The molecule has 41 heavy (non-hydrogen) atoms. The summed E-state index contributed by atoms with van der Waals surface area (Å²) in [6.45, 7) is 0.326. The third kappa shape index (κ3) is 5.28. The molecule has 0 aliphatic rings. The number of carbonyl (C=O) groups is 1. The molecule has 0 radical (unpaired) electrons. The van der Waals surface area contributed by atoms with E-state index in [4.69, 9.17) is 23.2 Å². The van der Waals surface area contributed by atoms with Crippen molar-refractivity contribution < 1.29 is 18.0 Å². The van der Waals surface area contributed by atoms with E-state index >= 15 is 0 Å². The van der Waals surface area contributed by atoms with Gasteiger partial charge < -0.3 is 5.32 Å². The molecule has 3 aromatic carbocycles. The molecule has 6 rings (SSSR count). The lowest BCUT2D eigenvalue weighted by Gasteiger charge is -2.13. The van der Waals surface area contributed by atoms with Gasteiger partial charge >= 0.3 is 6.18 Å². The van der Waals surface area contributed by atoms with Crippen LogP contribution in [0.4, 0.5) is 19.0 Å². The molecule has 0 unspecified atom stereocenters. The first-order chi connectivity index (χ1) is 19.6. The Morgan fingerprint density at radius 2 is 1.78 bits per heavy atom. The number of rotatable bonds is 5. The number of nitrogens with one attached hydrogen (secondary N) is 1. The fraction of sp³-hybridized carbons (Fsp3) is 0.0714. The largest absolute Gasteiger partial charge is 0.433 e. The Labute approximate surface area is 248 Å². The Kier molecular flexibility index (Phi) is 6.96. The van der Waals surface area contributed by atoms with Crippen LogP contribution < -0.4 is 5.32 Å². The molecule has 0 bridgehead atoms. The SMILES string of the molecule is O=C(Nc1nn(Cc2ccc(Cl)c(Cl)c2)cc1Br)c1cnn2c(C(F)(F)F)cc(-c3cccc4ccccc34)nc12. The zero-order valence-electron chi connectivity index (χ0n) is 20.6. The molecule has 206 valence electrons. The summed E-state index contributed by atoms with van der Waals surface area (Å²) in [5.74, 6) is -0.563. The number of aromatic nitrogens is 5. The maximum absolute atomic E-state index is 14.1. The van der Waals surface area contributed by atoms with Gasteiger partial charge in [-0.2, -0.15) is 23.4 Å². The van der Waals surface area contributed by atoms with Crippen molar-refractivity contribution >= 4 is 67.3 Å². The van der Waals surface area contributed by atoms with Crippen LogP contribution in [0.15, 0.2) is 83.6 Å². The summed E-state index contributed by atoms with van der Waals surface area (Å²) >= 11 is 15.4. The minimum atomic E-state index is -4.76. The Morgan fingerprint density at radius 3 is 2.56 bits per heavy atom. The molecule has 0 aliphatic heterocycles. The number of alkyl halides is 3. The van der Waals surface area contributed by atoms with E-state index in [-0.39, 0.29) is 22.7 Å². The van der Waals surface area contributed by atoms with Crippen molar-refractivity contribution in [3.63, 3.8) is 0 Å². The topological polar surface area (TPSA) is 77.1 Å². The van der Waals surface area contributed by atoms with Crippen molar-refractivity contribution in [1.29, 1.82) is 0 Å². The highest BCUT2D eigenvalue weighted by Gasteiger charge is 2.36. The maximum atomic E-state index is 14.1. The first-order valence-corrected chi connectivity index (χ1v) is 13.6. The molecule has 0 fully saturated rings. The van der Waals surface area contributed by atoms with Crippen molar-refractivity contribution in [2.45, 2.75) is 12.7 Å². The van der Waals surface area contributed by atoms with Crippen LogP contribution in [0.25, 0.3) is 27.7 Å². The van der Waals surface area contributed by atoms with E-state index in [9.17, 15) is 18.0 Å². The normalized spacial score (nSPS) is 11.9. The number of carbonyl (C=O) groups excluding carboxylic acids is 1. The molecule has 0 saturated carbocycles. The molecule has 0 atom stereocenters. The molecule has 7 nitrogen and oxygen atoms in total. The summed E-state index contributed by atoms with van der Waals surface area (Å²) in [6, 6.07) is 18.7. The van der Waals surface area contributed by atoms with Crippen LogP contribution in [0.2, 0.25) is 10.0 Å². The van der Waals surface area contributed by atoms with Gasteiger partial charge in [-0.05, 0) is 50.5 Å². The van der Waals surface area contributed by atoms with E-state index in [2.05, 4.69) is 36.4 Å². The fourth-order valence-corrected chi connectivity index (χ4v) is 5.21. The highest BCUT2D eigenvalue weighted by atomic mass is 79.9. The Morgan fingerprint density at radius 1 is 1.00 bits per heavy atom. The van der Waals surface area contributed by atoms with Gasteiger partial charge in [-0.1, -0.05) is 71.7 Å². The number of hydrogen-bond acceptors (Lipinski definition) is 4.